The van der Waals surface area contributed by atoms with Gasteiger partial charge < -0.3 is 4.74 Å². The molecule has 7 nitrogen and oxygen atoms in total. The van der Waals surface area contributed by atoms with Gasteiger partial charge in [-0.3, -0.25) is 9.59 Å². The van der Waals surface area contributed by atoms with E-state index in [1.165, 1.54) is 40.1 Å². The van der Waals surface area contributed by atoms with E-state index in [1.807, 2.05) is 12.1 Å². The number of carbonyl (C=O) groups is 2. The maximum absolute atomic E-state index is 14.4. The minimum Gasteiger partial charge on any atom is -0.479 e. The third kappa shape index (κ3) is 5.08. The molecule has 1 spiro atoms. The van der Waals surface area contributed by atoms with E-state index >= 15 is 0 Å². The molecule has 3 aliphatic carbocycles. The van der Waals surface area contributed by atoms with Crippen LogP contribution >= 0.6 is 34.0 Å². The van der Waals surface area contributed by atoms with Gasteiger partial charge in [0.1, 0.15) is 23.3 Å². The lowest BCUT2D eigenvalue weighted by atomic mass is 9.78. The van der Waals surface area contributed by atoms with E-state index in [4.69, 9.17) is 11.3 Å². The summed E-state index contributed by atoms with van der Waals surface area (Å²) in [6.45, 7) is 7.54. The predicted octanol–water partition coefficient (Wildman–Crippen LogP) is 11.3. The maximum atomic E-state index is 14.4. The highest BCUT2D eigenvalue weighted by molar-refractivity contribution is 7.32. The molecule has 0 amide bonds. The summed E-state index contributed by atoms with van der Waals surface area (Å²) in [5.74, 6) is -5.50. The van der Waals surface area contributed by atoms with Crippen molar-refractivity contribution >= 4 is 78.3 Å². The van der Waals surface area contributed by atoms with Gasteiger partial charge in [0, 0.05) is 48.7 Å². The van der Waals surface area contributed by atoms with Crippen molar-refractivity contribution in [1.29, 1.82) is 15.8 Å². The van der Waals surface area contributed by atoms with Crippen LogP contribution in [0.25, 0.3) is 47.3 Å². The molecule has 270 valence electrons. The quantitative estimate of drug-likeness (QED) is 0.0759. The molecule has 9 rings (SSSR count). The highest BCUT2D eigenvalue weighted by atomic mass is 32.1. The number of ketones is 2. The second-order valence-corrected chi connectivity index (χ2v) is 16.7. The van der Waals surface area contributed by atoms with Crippen molar-refractivity contribution in [3.05, 3.63) is 131 Å². The van der Waals surface area contributed by atoms with Crippen molar-refractivity contribution in [3.63, 3.8) is 0 Å². The van der Waals surface area contributed by atoms with Gasteiger partial charge in [0.15, 0.2) is 40.6 Å². The van der Waals surface area contributed by atoms with Gasteiger partial charge in [-0.2, -0.15) is 10.5 Å². The Morgan fingerprint density at radius 2 is 1.27 bits per heavy atom. The topological polar surface area (TPSA) is 119 Å². The summed E-state index contributed by atoms with van der Waals surface area (Å²) >= 11 is 4.16. The number of halogens is 4. The minimum absolute atomic E-state index is 0.0225. The number of thiophene rings is 3. The molecule has 0 saturated heterocycles. The Bertz CT molecular complexity index is 2980. The Morgan fingerprint density at radius 1 is 0.714 bits per heavy atom. The first-order valence-electron chi connectivity index (χ1n) is 17.0. The van der Waals surface area contributed by atoms with E-state index in [1.54, 1.807) is 24.3 Å². The summed E-state index contributed by atoms with van der Waals surface area (Å²) in [6.07, 6.45) is 7.28. The summed E-state index contributed by atoms with van der Waals surface area (Å²) in [5.41, 5.74) is -1.12. The van der Waals surface area contributed by atoms with Gasteiger partial charge in [0.25, 0.3) is 5.70 Å². The first kappa shape index (κ1) is 35.3. The lowest BCUT2D eigenvalue weighted by Gasteiger charge is -2.40. The minimum atomic E-state index is -1.22. The monoisotopic (exact) mass is 798 g/mol. The summed E-state index contributed by atoms with van der Waals surface area (Å²) in [6, 6.07) is 12.4. The third-order valence-electron chi connectivity index (χ3n) is 10.4. The van der Waals surface area contributed by atoms with Crippen LogP contribution < -0.4 is 4.74 Å². The average Bonchev–Trinajstić information content (AvgIpc) is 3.98. The molecule has 2 aromatic carbocycles. The van der Waals surface area contributed by atoms with Crippen LogP contribution in [0.15, 0.2) is 58.8 Å². The van der Waals surface area contributed by atoms with Crippen molar-refractivity contribution < 1.29 is 31.9 Å². The number of allylic oxidation sites excluding steroid dienone is 6. The van der Waals surface area contributed by atoms with Crippen LogP contribution in [0.5, 0.6) is 5.75 Å². The molecule has 0 bridgehead atoms. The van der Waals surface area contributed by atoms with Crippen LogP contribution in [-0.2, 0) is 5.60 Å². The number of rotatable bonds is 2. The fraction of sp³-hybridized carbons (Fsp3) is 0.143. The fourth-order valence-corrected chi connectivity index (χ4v) is 11.8. The molecule has 0 N–H and O–H groups in total. The van der Waals surface area contributed by atoms with Crippen LogP contribution in [0.4, 0.5) is 17.6 Å². The zero-order valence-electron chi connectivity index (χ0n) is 28.4. The zero-order chi connectivity index (χ0) is 39.2. The number of carbonyl (C=O) groups excluding carboxylic acids is 2. The second kappa shape index (κ2) is 12.8. The van der Waals surface area contributed by atoms with E-state index in [0.29, 0.717) is 28.3 Å². The van der Waals surface area contributed by atoms with E-state index in [9.17, 15) is 42.9 Å². The van der Waals surface area contributed by atoms with Crippen molar-refractivity contribution in [2.75, 3.05) is 0 Å². The Kier molecular flexibility index (Phi) is 8.09. The van der Waals surface area contributed by atoms with Gasteiger partial charge in [-0.15, -0.1) is 34.0 Å². The number of nitrogens with zero attached hydrogens (tertiary/aromatic N) is 4. The molecule has 56 heavy (non-hydrogen) atoms. The Hall–Kier alpha value is -6.42. The van der Waals surface area contributed by atoms with Gasteiger partial charge in [-0.1, -0.05) is 6.42 Å². The molecule has 0 radical (unpaired) electrons. The molecular weight excluding hydrogens is 781 g/mol. The standard InChI is InChI=1S/C42H18F4N4O3S3/c1-50-32(17-49)35-22-12-29(44)31(46)14-24(22)37(52)26(35)8-20-10-33-40(55-20)38-41(56-33)39-27(42(53-38)5-3-2-4-6-42)9-19(54-39)7-25-34(18(15-47)16-48)21-11-28(43)30(45)13-23(21)36(25)51/h7-14H,2-6H2/b25-7-,26-8-,35-32+. The molecule has 14 heteroatoms. The van der Waals surface area contributed by atoms with Crippen molar-refractivity contribution in [1.82, 2.24) is 0 Å². The fourth-order valence-electron chi connectivity index (χ4n) is 7.98. The van der Waals surface area contributed by atoms with E-state index in [0.717, 1.165) is 68.2 Å². The van der Waals surface area contributed by atoms with E-state index < -0.39 is 51.7 Å². The van der Waals surface area contributed by atoms with E-state index in [2.05, 4.69) is 4.85 Å². The van der Waals surface area contributed by atoms with Gasteiger partial charge in [0.2, 0.25) is 0 Å². The summed E-state index contributed by atoms with van der Waals surface area (Å²) < 4.78 is 65.8. The molecule has 4 aliphatic rings. The average molecular weight is 799 g/mol. The summed E-state index contributed by atoms with van der Waals surface area (Å²) in [4.78, 5) is 33.4. The van der Waals surface area contributed by atoms with Crippen LogP contribution in [0, 0.1) is 63.8 Å². The van der Waals surface area contributed by atoms with Gasteiger partial charge in [-0.05, 0) is 85.4 Å². The van der Waals surface area contributed by atoms with Gasteiger partial charge >= 0.3 is 0 Å². The van der Waals surface area contributed by atoms with Crippen LogP contribution in [0.3, 0.4) is 0 Å². The highest BCUT2D eigenvalue weighted by Gasteiger charge is 2.45. The first-order valence-corrected chi connectivity index (χ1v) is 19.4. The summed E-state index contributed by atoms with van der Waals surface area (Å²) in [7, 11) is 0. The van der Waals surface area contributed by atoms with Crippen molar-refractivity contribution in [2.45, 2.75) is 37.7 Å². The molecule has 0 atom stereocenters. The van der Waals surface area contributed by atoms with Crippen LogP contribution in [0.2, 0.25) is 0 Å². The summed E-state index contributed by atoms with van der Waals surface area (Å²) in [5, 5.41) is 29.3. The largest absolute Gasteiger partial charge is 0.479 e. The van der Waals surface area contributed by atoms with Crippen LogP contribution in [0.1, 0.15) is 79.3 Å². The molecule has 1 saturated carbocycles. The number of Topliss-reactive ketones (excluding diaryl/α,β-unsaturated/α-hetero) is 2. The number of benzene rings is 2. The van der Waals surface area contributed by atoms with Gasteiger partial charge in [-0.25, -0.2) is 27.7 Å². The van der Waals surface area contributed by atoms with Crippen molar-refractivity contribution in [2.24, 2.45) is 0 Å². The third-order valence-corrected chi connectivity index (χ3v) is 14.0. The molecule has 1 aliphatic heterocycles. The number of hydrogen-bond acceptors (Lipinski definition) is 9. The highest BCUT2D eigenvalue weighted by Crippen LogP contribution is 2.60. The number of fused-ring (bicyclic) bond motifs is 8. The Morgan fingerprint density at radius 3 is 1.84 bits per heavy atom. The first-order chi connectivity index (χ1) is 27.0. The Balaban J connectivity index is 1.18. The Labute approximate surface area is 327 Å². The smallest absolute Gasteiger partial charge is 0.270 e. The lowest BCUT2D eigenvalue weighted by Crippen LogP contribution is -2.37. The van der Waals surface area contributed by atoms with Gasteiger partial charge in [0.05, 0.1) is 31.8 Å². The second-order valence-electron chi connectivity index (χ2n) is 13.5. The maximum Gasteiger partial charge on any atom is 0.270 e. The predicted molar refractivity (Wildman–Crippen MR) is 203 cm³/mol. The number of ether oxygens (including phenoxy) is 1. The van der Waals surface area contributed by atoms with Crippen LogP contribution in [-0.4, -0.2) is 11.6 Å². The number of nitriles is 3. The molecular formula is C42H18F4N4O3S3. The lowest BCUT2D eigenvalue weighted by molar-refractivity contribution is 0.0267. The number of hydrogen-bond donors (Lipinski definition) is 0. The molecule has 0 unspecified atom stereocenters. The molecule has 4 heterocycles. The van der Waals surface area contributed by atoms with E-state index in [-0.39, 0.29) is 44.5 Å². The zero-order valence-corrected chi connectivity index (χ0v) is 30.9. The van der Waals surface area contributed by atoms with Crippen molar-refractivity contribution in [3.8, 4) is 33.7 Å². The molecule has 1 fully saturated rings. The normalized spacial score (nSPS) is 18.5. The molecule has 5 aromatic rings. The molecule has 3 aromatic heterocycles. The SMILES string of the molecule is [C-]#[N+]/C(C#N)=C1/C(=C/c2cc3sc4c(c3s2)OC2(CCCCC2)c2cc(/C=C3\C(=O)c5cc(F)c(F)cc5C3=C(C#N)C#N)sc2-4)C(=O)c2cc(F)c(F)cc21.